The van der Waals surface area contributed by atoms with E-state index in [9.17, 15) is 8.42 Å². The molecular formula is C13H19NO2S. The predicted octanol–water partition coefficient (Wildman–Crippen LogP) is 2.25. The first-order chi connectivity index (χ1) is 8.08. The fourth-order valence-corrected chi connectivity index (χ4v) is 3.70. The summed E-state index contributed by atoms with van der Waals surface area (Å²) >= 11 is 0. The zero-order valence-electron chi connectivity index (χ0n) is 10.2. The molecule has 4 heteroatoms. The molecule has 0 bridgehead atoms. The van der Waals surface area contributed by atoms with E-state index in [-0.39, 0.29) is 5.75 Å². The molecule has 2 rings (SSSR count). The number of nitrogens with zero attached hydrogens (tertiary/aromatic N) is 1. The van der Waals surface area contributed by atoms with Crippen molar-refractivity contribution in [1.29, 1.82) is 0 Å². The summed E-state index contributed by atoms with van der Waals surface area (Å²) in [5, 5.41) is 0. The fourth-order valence-electron chi connectivity index (χ4n) is 2.14. The molecule has 1 aromatic carbocycles. The van der Waals surface area contributed by atoms with Gasteiger partial charge in [0.25, 0.3) is 0 Å². The van der Waals surface area contributed by atoms with Crippen molar-refractivity contribution in [2.24, 2.45) is 5.92 Å². The quantitative estimate of drug-likeness (QED) is 0.828. The molecule has 1 heterocycles. The summed E-state index contributed by atoms with van der Waals surface area (Å²) in [5.74, 6) is 0.778. The zero-order valence-corrected chi connectivity index (χ0v) is 11.0. The SMILES string of the molecule is CC1CCN(S(=O)(=O)Cc2ccccc2)CC1. The second kappa shape index (κ2) is 5.19. The smallest absolute Gasteiger partial charge is 0.212 e. The maximum Gasteiger partial charge on any atom is 0.218 e. The summed E-state index contributed by atoms with van der Waals surface area (Å²) in [5.41, 5.74) is 0.867. The van der Waals surface area contributed by atoms with Crippen molar-refractivity contribution in [3.8, 4) is 0 Å². The lowest BCUT2D eigenvalue weighted by Gasteiger charge is -2.29. The van der Waals surface area contributed by atoms with Gasteiger partial charge in [-0.15, -0.1) is 0 Å². The molecule has 1 fully saturated rings. The predicted molar refractivity (Wildman–Crippen MR) is 69.0 cm³/mol. The van der Waals surface area contributed by atoms with Crippen LogP contribution < -0.4 is 0 Å². The van der Waals surface area contributed by atoms with E-state index in [0.717, 1.165) is 18.4 Å². The van der Waals surface area contributed by atoms with Crippen molar-refractivity contribution in [1.82, 2.24) is 4.31 Å². The van der Waals surface area contributed by atoms with Gasteiger partial charge in [0.2, 0.25) is 10.0 Å². The van der Waals surface area contributed by atoms with Gasteiger partial charge in [-0.1, -0.05) is 37.3 Å². The Morgan fingerprint density at radius 1 is 1.18 bits per heavy atom. The first-order valence-electron chi connectivity index (χ1n) is 6.10. The van der Waals surface area contributed by atoms with Crippen molar-refractivity contribution in [2.45, 2.75) is 25.5 Å². The summed E-state index contributed by atoms with van der Waals surface area (Å²) < 4.78 is 26.0. The van der Waals surface area contributed by atoms with Gasteiger partial charge in [-0.2, -0.15) is 0 Å². The van der Waals surface area contributed by atoms with Crippen molar-refractivity contribution in [3.63, 3.8) is 0 Å². The maximum absolute atomic E-state index is 12.2. The Morgan fingerprint density at radius 2 is 1.76 bits per heavy atom. The third-order valence-electron chi connectivity index (χ3n) is 3.33. The largest absolute Gasteiger partial charge is 0.218 e. The molecule has 0 saturated carbocycles. The summed E-state index contributed by atoms with van der Waals surface area (Å²) in [7, 11) is -3.13. The second-order valence-electron chi connectivity index (χ2n) is 4.82. The third kappa shape index (κ3) is 3.30. The number of piperidine rings is 1. The number of hydrogen-bond acceptors (Lipinski definition) is 2. The van der Waals surface area contributed by atoms with E-state index in [2.05, 4.69) is 6.92 Å². The summed E-state index contributed by atoms with van der Waals surface area (Å²) in [6.07, 6.45) is 1.96. The molecular weight excluding hydrogens is 234 g/mol. The molecule has 17 heavy (non-hydrogen) atoms. The highest BCUT2D eigenvalue weighted by Crippen LogP contribution is 2.20. The van der Waals surface area contributed by atoms with E-state index in [1.54, 1.807) is 4.31 Å². The Kier molecular flexibility index (Phi) is 3.84. The van der Waals surface area contributed by atoms with Gasteiger partial charge in [-0.05, 0) is 24.3 Å². The summed E-state index contributed by atoms with van der Waals surface area (Å²) in [6.45, 7) is 3.54. The summed E-state index contributed by atoms with van der Waals surface area (Å²) in [4.78, 5) is 0. The van der Waals surface area contributed by atoms with Crippen LogP contribution in [0.25, 0.3) is 0 Å². The molecule has 1 aromatic rings. The van der Waals surface area contributed by atoms with Gasteiger partial charge in [0, 0.05) is 13.1 Å². The Hall–Kier alpha value is -0.870. The lowest BCUT2D eigenvalue weighted by molar-refractivity contribution is 0.287. The van der Waals surface area contributed by atoms with Crippen molar-refractivity contribution in [3.05, 3.63) is 35.9 Å². The minimum absolute atomic E-state index is 0.127. The van der Waals surface area contributed by atoms with Crippen LogP contribution in [0.5, 0.6) is 0 Å². The van der Waals surface area contributed by atoms with Gasteiger partial charge >= 0.3 is 0 Å². The minimum Gasteiger partial charge on any atom is -0.212 e. The number of rotatable bonds is 3. The molecule has 0 radical (unpaired) electrons. The Morgan fingerprint density at radius 3 is 2.35 bits per heavy atom. The van der Waals surface area contributed by atoms with Crippen LogP contribution in [0, 0.1) is 5.92 Å². The van der Waals surface area contributed by atoms with Crippen LogP contribution >= 0.6 is 0 Å². The van der Waals surface area contributed by atoms with Crippen LogP contribution in [0.4, 0.5) is 0 Å². The molecule has 0 atom stereocenters. The average molecular weight is 253 g/mol. The van der Waals surface area contributed by atoms with E-state index < -0.39 is 10.0 Å². The first kappa shape index (κ1) is 12.6. The average Bonchev–Trinajstić information content (AvgIpc) is 2.30. The fraction of sp³-hybridized carbons (Fsp3) is 0.538. The third-order valence-corrected chi connectivity index (χ3v) is 5.18. The van der Waals surface area contributed by atoms with Gasteiger partial charge in [-0.3, -0.25) is 0 Å². The Labute approximate surface area is 104 Å². The van der Waals surface area contributed by atoms with E-state index in [1.165, 1.54) is 0 Å². The summed E-state index contributed by atoms with van der Waals surface area (Å²) in [6, 6.07) is 9.39. The van der Waals surface area contributed by atoms with Gasteiger partial charge < -0.3 is 0 Å². The van der Waals surface area contributed by atoms with E-state index in [4.69, 9.17) is 0 Å². The highest BCUT2D eigenvalue weighted by molar-refractivity contribution is 7.88. The molecule has 0 amide bonds. The van der Waals surface area contributed by atoms with Crippen molar-refractivity contribution in [2.75, 3.05) is 13.1 Å². The molecule has 0 spiro atoms. The second-order valence-corrected chi connectivity index (χ2v) is 6.79. The number of hydrogen-bond donors (Lipinski definition) is 0. The van der Waals surface area contributed by atoms with Crippen molar-refractivity contribution >= 4 is 10.0 Å². The molecule has 94 valence electrons. The van der Waals surface area contributed by atoms with Gasteiger partial charge in [-0.25, -0.2) is 12.7 Å². The number of sulfonamides is 1. The standard InChI is InChI=1S/C13H19NO2S/c1-12-7-9-14(10-8-12)17(15,16)11-13-5-3-2-4-6-13/h2-6,12H,7-11H2,1H3. The first-order valence-corrected chi connectivity index (χ1v) is 7.70. The highest BCUT2D eigenvalue weighted by atomic mass is 32.2. The van der Waals surface area contributed by atoms with Gasteiger partial charge in [0.1, 0.15) is 0 Å². The molecule has 0 aliphatic carbocycles. The lowest BCUT2D eigenvalue weighted by atomic mass is 10.0. The normalized spacial score (nSPS) is 19.4. The Bertz CT molecular complexity index is 448. The molecule has 0 unspecified atom stereocenters. The molecule has 1 aliphatic rings. The van der Waals surface area contributed by atoms with Crippen LogP contribution in [-0.2, 0) is 15.8 Å². The van der Waals surface area contributed by atoms with Crippen LogP contribution in [0.2, 0.25) is 0 Å². The monoisotopic (exact) mass is 253 g/mol. The van der Waals surface area contributed by atoms with Gasteiger partial charge in [0.15, 0.2) is 0 Å². The highest BCUT2D eigenvalue weighted by Gasteiger charge is 2.26. The van der Waals surface area contributed by atoms with Crippen LogP contribution in [0.3, 0.4) is 0 Å². The molecule has 0 N–H and O–H groups in total. The van der Waals surface area contributed by atoms with E-state index >= 15 is 0 Å². The van der Waals surface area contributed by atoms with E-state index in [1.807, 2.05) is 30.3 Å². The number of benzene rings is 1. The molecule has 0 aromatic heterocycles. The zero-order chi connectivity index (χ0) is 12.3. The van der Waals surface area contributed by atoms with Crippen LogP contribution in [0.15, 0.2) is 30.3 Å². The van der Waals surface area contributed by atoms with E-state index in [0.29, 0.717) is 19.0 Å². The molecule has 3 nitrogen and oxygen atoms in total. The van der Waals surface area contributed by atoms with Crippen molar-refractivity contribution < 1.29 is 8.42 Å². The van der Waals surface area contributed by atoms with Crippen LogP contribution in [-0.4, -0.2) is 25.8 Å². The Balaban J connectivity index is 2.04. The maximum atomic E-state index is 12.2. The molecule has 1 aliphatic heterocycles. The van der Waals surface area contributed by atoms with Gasteiger partial charge in [0.05, 0.1) is 5.75 Å². The molecule has 1 saturated heterocycles. The lowest BCUT2D eigenvalue weighted by Crippen LogP contribution is -2.38. The van der Waals surface area contributed by atoms with Crippen LogP contribution in [0.1, 0.15) is 25.3 Å². The minimum atomic E-state index is -3.13. The topological polar surface area (TPSA) is 37.4 Å².